The second kappa shape index (κ2) is 15.2. The average Bonchev–Trinajstić information content (AvgIpc) is 3.30. The molecule has 0 aromatic heterocycles. The van der Waals surface area contributed by atoms with Gasteiger partial charge in [-0.05, 0) is 100 Å². The minimum Gasteiger partial charge on any atom is -0.383 e. The van der Waals surface area contributed by atoms with Crippen molar-refractivity contribution in [3.8, 4) is 33.4 Å². The van der Waals surface area contributed by atoms with E-state index in [4.69, 9.17) is 10.7 Å². The van der Waals surface area contributed by atoms with Crippen LogP contribution in [0.25, 0.3) is 82.2 Å². The van der Waals surface area contributed by atoms with Crippen molar-refractivity contribution in [3.05, 3.63) is 235 Å². The van der Waals surface area contributed by atoms with Crippen molar-refractivity contribution in [3.63, 3.8) is 0 Å². The molecule has 0 fully saturated rings. The average molecular weight is 741 g/mol. The molecular formula is C56H40N2. The van der Waals surface area contributed by atoms with Gasteiger partial charge in [-0.1, -0.05) is 212 Å². The van der Waals surface area contributed by atoms with Crippen LogP contribution in [0.1, 0.15) is 16.7 Å². The first kappa shape index (κ1) is 34.9. The van der Waals surface area contributed by atoms with Crippen LogP contribution in [0.2, 0.25) is 0 Å². The summed E-state index contributed by atoms with van der Waals surface area (Å²) < 4.78 is 0. The summed E-state index contributed by atoms with van der Waals surface area (Å²) in [6.45, 7) is 0. The topological polar surface area (TPSA) is 38.4 Å². The fourth-order valence-corrected chi connectivity index (χ4v) is 8.46. The molecule has 10 aromatic rings. The van der Waals surface area contributed by atoms with Crippen molar-refractivity contribution in [1.29, 1.82) is 0 Å². The van der Waals surface area contributed by atoms with E-state index in [9.17, 15) is 0 Å². The molecule has 0 bridgehead atoms. The number of nitrogens with zero attached hydrogens (tertiary/aromatic N) is 1. The standard InChI is InChI=1S/C56H40N2/c57-56(44-19-5-2-6-20-44)58-52(35-26-38-14-13-22-45(36-38)47-32-27-39-15-7-8-21-46(39)37-47)41-28-30-43(31-29-41)54-50-25-12-11-24-49(50)53(42-17-3-1-4-18-42)51-34-33-40-16-9-10-23-48(40)55(51)54/h1-25,27-37H,26H2,(H2,57,58)/b52-35-. The van der Waals surface area contributed by atoms with Gasteiger partial charge in [0.15, 0.2) is 0 Å². The maximum absolute atomic E-state index is 6.72. The highest BCUT2D eigenvalue weighted by Crippen LogP contribution is 2.46. The van der Waals surface area contributed by atoms with Crippen molar-refractivity contribution in [2.24, 2.45) is 10.7 Å². The third kappa shape index (κ3) is 6.61. The van der Waals surface area contributed by atoms with Gasteiger partial charge in [-0.3, -0.25) is 0 Å². The Morgan fingerprint density at radius 1 is 0.397 bits per heavy atom. The Kier molecular flexibility index (Phi) is 9.13. The number of benzene rings is 10. The lowest BCUT2D eigenvalue weighted by Crippen LogP contribution is -2.13. The van der Waals surface area contributed by atoms with E-state index in [0.717, 1.165) is 22.4 Å². The van der Waals surface area contributed by atoms with E-state index in [2.05, 4.69) is 188 Å². The lowest BCUT2D eigenvalue weighted by molar-refractivity contribution is 1.26. The largest absolute Gasteiger partial charge is 0.383 e. The number of amidine groups is 1. The molecule has 2 heteroatoms. The van der Waals surface area contributed by atoms with Gasteiger partial charge in [0.1, 0.15) is 5.84 Å². The number of fused-ring (bicyclic) bond motifs is 5. The highest BCUT2D eigenvalue weighted by Gasteiger charge is 2.19. The summed E-state index contributed by atoms with van der Waals surface area (Å²) in [4.78, 5) is 5.09. The van der Waals surface area contributed by atoms with E-state index in [0.29, 0.717) is 12.3 Å². The van der Waals surface area contributed by atoms with Gasteiger partial charge in [-0.2, -0.15) is 0 Å². The summed E-state index contributed by atoms with van der Waals surface area (Å²) in [7, 11) is 0. The summed E-state index contributed by atoms with van der Waals surface area (Å²) in [6.07, 6.45) is 2.91. The number of rotatable bonds is 8. The van der Waals surface area contributed by atoms with Crippen LogP contribution in [0.3, 0.4) is 0 Å². The van der Waals surface area contributed by atoms with E-state index in [-0.39, 0.29) is 0 Å². The number of nitrogens with two attached hydrogens (primary N) is 1. The summed E-state index contributed by atoms with van der Waals surface area (Å²) in [5.41, 5.74) is 17.9. The predicted octanol–water partition coefficient (Wildman–Crippen LogP) is 14.3. The van der Waals surface area contributed by atoms with Gasteiger partial charge < -0.3 is 5.73 Å². The van der Waals surface area contributed by atoms with Gasteiger partial charge in [-0.15, -0.1) is 0 Å². The van der Waals surface area contributed by atoms with Crippen LogP contribution in [0.15, 0.2) is 223 Å². The van der Waals surface area contributed by atoms with Gasteiger partial charge in [0.2, 0.25) is 0 Å². The normalized spacial score (nSPS) is 12.1. The van der Waals surface area contributed by atoms with Gasteiger partial charge >= 0.3 is 0 Å². The van der Waals surface area contributed by atoms with Gasteiger partial charge in [-0.25, -0.2) is 4.99 Å². The SMILES string of the molecule is NC(=N/C(=C\Cc1cccc(-c2ccc3ccccc3c2)c1)c1ccc(-c2c3ccccc3c(-c3ccccc3)c3ccc4ccccc4c23)cc1)c1ccccc1. The zero-order valence-electron chi connectivity index (χ0n) is 32.0. The predicted molar refractivity (Wildman–Crippen MR) is 248 cm³/mol. The Morgan fingerprint density at radius 2 is 0.966 bits per heavy atom. The zero-order chi connectivity index (χ0) is 38.8. The molecule has 10 aromatic carbocycles. The summed E-state index contributed by atoms with van der Waals surface area (Å²) >= 11 is 0. The van der Waals surface area contributed by atoms with E-state index in [1.54, 1.807) is 0 Å². The number of hydrogen-bond acceptors (Lipinski definition) is 1. The Hall–Kier alpha value is -7.55. The lowest BCUT2D eigenvalue weighted by Gasteiger charge is -2.19. The first-order valence-electron chi connectivity index (χ1n) is 19.9. The minimum atomic E-state index is 0.487. The minimum absolute atomic E-state index is 0.487. The van der Waals surface area contributed by atoms with E-state index < -0.39 is 0 Å². The summed E-state index contributed by atoms with van der Waals surface area (Å²) in [6, 6.07) is 75.8. The first-order valence-corrected chi connectivity index (χ1v) is 19.9. The maximum atomic E-state index is 6.72. The molecule has 274 valence electrons. The Bertz CT molecular complexity index is 3180. The zero-order valence-corrected chi connectivity index (χ0v) is 32.0. The van der Waals surface area contributed by atoms with E-state index in [1.807, 2.05) is 30.3 Å². The fourth-order valence-electron chi connectivity index (χ4n) is 8.46. The fraction of sp³-hybridized carbons (Fsp3) is 0.0179. The molecule has 58 heavy (non-hydrogen) atoms. The van der Waals surface area contributed by atoms with Crippen molar-refractivity contribution in [1.82, 2.24) is 0 Å². The molecule has 0 aliphatic heterocycles. The maximum Gasteiger partial charge on any atom is 0.131 e. The van der Waals surface area contributed by atoms with E-state index >= 15 is 0 Å². The van der Waals surface area contributed by atoms with Gasteiger partial charge in [0.25, 0.3) is 0 Å². The molecule has 0 aliphatic rings. The highest BCUT2D eigenvalue weighted by molar-refractivity contribution is 6.27. The summed E-state index contributed by atoms with van der Waals surface area (Å²) in [5, 5.41) is 9.92. The molecule has 0 unspecified atom stereocenters. The molecule has 2 nitrogen and oxygen atoms in total. The highest BCUT2D eigenvalue weighted by atomic mass is 14.9. The molecule has 2 N–H and O–H groups in total. The lowest BCUT2D eigenvalue weighted by atomic mass is 9.84. The Balaban J connectivity index is 1.09. The first-order chi connectivity index (χ1) is 28.7. The molecule has 0 saturated heterocycles. The third-order valence-corrected chi connectivity index (χ3v) is 11.3. The van der Waals surface area contributed by atoms with Crippen LogP contribution in [0, 0.1) is 0 Å². The quantitative estimate of drug-likeness (QED) is 0.0716. The molecule has 0 heterocycles. The van der Waals surface area contributed by atoms with E-state index in [1.165, 1.54) is 76.5 Å². The Morgan fingerprint density at radius 3 is 1.74 bits per heavy atom. The van der Waals surface area contributed by atoms with Crippen LogP contribution in [0.5, 0.6) is 0 Å². The van der Waals surface area contributed by atoms with Gasteiger partial charge in [0.05, 0.1) is 5.70 Å². The Labute approximate surface area is 338 Å². The third-order valence-electron chi connectivity index (χ3n) is 11.3. The van der Waals surface area contributed by atoms with Crippen LogP contribution in [0.4, 0.5) is 0 Å². The molecular weight excluding hydrogens is 701 g/mol. The smallest absolute Gasteiger partial charge is 0.131 e. The monoisotopic (exact) mass is 740 g/mol. The molecule has 0 atom stereocenters. The molecule has 0 spiro atoms. The molecule has 0 radical (unpaired) electrons. The van der Waals surface area contributed by atoms with Crippen LogP contribution in [-0.2, 0) is 6.42 Å². The second-order valence-corrected chi connectivity index (χ2v) is 14.9. The van der Waals surface area contributed by atoms with Crippen molar-refractivity contribution in [2.75, 3.05) is 0 Å². The van der Waals surface area contributed by atoms with Crippen LogP contribution >= 0.6 is 0 Å². The van der Waals surface area contributed by atoms with Crippen molar-refractivity contribution in [2.45, 2.75) is 6.42 Å². The second-order valence-electron chi connectivity index (χ2n) is 14.9. The number of aliphatic imine (C=N–C) groups is 1. The number of allylic oxidation sites excluding steroid dienone is 1. The molecule has 0 saturated carbocycles. The van der Waals surface area contributed by atoms with Crippen LogP contribution < -0.4 is 5.73 Å². The molecule has 0 aliphatic carbocycles. The van der Waals surface area contributed by atoms with Crippen molar-refractivity contribution < 1.29 is 0 Å². The van der Waals surface area contributed by atoms with Crippen molar-refractivity contribution >= 4 is 54.6 Å². The number of hydrogen-bond donors (Lipinski definition) is 1. The molecule has 0 amide bonds. The van der Waals surface area contributed by atoms with Crippen LogP contribution in [-0.4, -0.2) is 5.84 Å². The van der Waals surface area contributed by atoms with Gasteiger partial charge in [0, 0.05) is 5.56 Å². The molecule has 10 rings (SSSR count). The summed E-state index contributed by atoms with van der Waals surface area (Å²) in [5.74, 6) is 0.487.